The molecule has 0 atom stereocenters. The summed E-state index contributed by atoms with van der Waals surface area (Å²) in [4.78, 5) is 36.5. The van der Waals surface area contributed by atoms with Crippen LogP contribution in [0.5, 0.6) is 0 Å². The number of piperidine rings is 1. The number of nitrogens with zero attached hydrogens (tertiary/aromatic N) is 2. The maximum Gasteiger partial charge on any atom is 0.244 e. The number of amides is 3. The van der Waals surface area contributed by atoms with E-state index in [1.54, 1.807) is 18.2 Å². The number of nitrogens with one attached hydrogen (secondary N) is 1. The van der Waals surface area contributed by atoms with Crippen molar-refractivity contribution in [3.63, 3.8) is 0 Å². The van der Waals surface area contributed by atoms with E-state index in [0.29, 0.717) is 11.3 Å². The topological polar surface area (TPSA) is 90.3 Å². The molecule has 1 saturated heterocycles. The molecule has 3 amide bonds. The lowest BCUT2D eigenvalue weighted by molar-refractivity contribution is -0.151. The van der Waals surface area contributed by atoms with Gasteiger partial charge in [0.25, 0.3) is 0 Å². The largest absolute Gasteiger partial charge is 0.324 e. The Kier molecular flexibility index (Phi) is 4.33. The number of rotatable bonds is 3. The van der Waals surface area contributed by atoms with Crippen molar-refractivity contribution in [2.24, 2.45) is 5.92 Å². The smallest absolute Gasteiger partial charge is 0.244 e. The van der Waals surface area contributed by atoms with E-state index in [2.05, 4.69) is 5.32 Å². The van der Waals surface area contributed by atoms with Gasteiger partial charge in [0.15, 0.2) is 0 Å². The predicted octanol–water partition coefficient (Wildman–Crippen LogP) is 1.28. The summed E-state index contributed by atoms with van der Waals surface area (Å²) in [5, 5.41) is 11.4. The molecule has 1 aromatic carbocycles. The molecule has 1 aliphatic rings. The first-order chi connectivity index (χ1) is 9.99. The zero-order valence-electron chi connectivity index (χ0n) is 11.6. The summed E-state index contributed by atoms with van der Waals surface area (Å²) in [6.07, 6.45) is 0.561. The van der Waals surface area contributed by atoms with E-state index < -0.39 is 5.91 Å². The second-order valence-corrected chi connectivity index (χ2v) is 5.13. The first kappa shape index (κ1) is 14.7. The normalized spacial score (nSPS) is 15.7. The highest BCUT2D eigenvalue weighted by atomic mass is 16.2. The number of likely N-dealkylation sites (tertiary alicyclic amines) is 1. The lowest BCUT2D eigenvalue weighted by atomic mass is 9.98. The molecule has 1 fully saturated rings. The van der Waals surface area contributed by atoms with Gasteiger partial charge in [-0.3, -0.25) is 19.3 Å². The van der Waals surface area contributed by atoms with Crippen LogP contribution >= 0.6 is 0 Å². The lowest BCUT2D eigenvalue weighted by Gasteiger charge is -2.27. The molecule has 0 aliphatic carbocycles. The minimum atomic E-state index is -0.457. The predicted molar refractivity (Wildman–Crippen MR) is 74.9 cm³/mol. The average molecular weight is 285 g/mol. The van der Waals surface area contributed by atoms with Gasteiger partial charge in [0.05, 0.1) is 11.6 Å². The van der Waals surface area contributed by atoms with Gasteiger partial charge in [-0.1, -0.05) is 13.0 Å². The molecule has 0 saturated carbocycles. The Balaban J connectivity index is 2.00. The van der Waals surface area contributed by atoms with Crippen LogP contribution in [0.3, 0.4) is 0 Å². The van der Waals surface area contributed by atoms with Crippen LogP contribution in [0.1, 0.15) is 25.3 Å². The van der Waals surface area contributed by atoms with Crippen LogP contribution in [0.2, 0.25) is 0 Å². The van der Waals surface area contributed by atoms with Crippen LogP contribution in [0, 0.1) is 17.2 Å². The number of hydrogen-bond donors (Lipinski definition) is 1. The fourth-order valence-electron chi connectivity index (χ4n) is 2.21. The minimum absolute atomic E-state index is 0.0246. The summed E-state index contributed by atoms with van der Waals surface area (Å²) >= 11 is 0. The van der Waals surface area contributed by atoms with E-state index in [1.807, 2.05) is 13.0 Å². The van der Waals surface area contributed by atoms with E-state index in [1.165, 1.54) is 6.07 Å². The molecule has 1 aromatic rings. The van der Waals surface area contributed by atoms with Gasteiger partial charge in [0, 0.05) is 18.5 Å². The third-order valence-corrected chi connectivity index (χ3v) is 3.23. The number of carbonyl (C=O) groups is 3. The number of nitriles is 1. The molecule has 6 nitrogen and oxygen atoms in total. The highest BCUT2D eigenvalue weighted by molar-refractivity contribution is 6.03. The SMILES string of the molecule is CC1CC(=O)N(CC(=O)Nc2cccc(C#N)c2)C(=O)C1. The van der Waals surface area contributed by atoms with E-state index >= 15 is 0 Å². The first-order valence-corrected chi connectivity index (χ1v) is 6.63. The van der Waals surface area contributed by atoms with Crippen LogP contribution in [-0.4, -0.2) is 29.2 Å². The van der Waals surface area contributed by atoms with Crippen molar-refractivity contribution in [3.05, 3.63) is 29.8 Å². The molecular formula is C15H15N3O3. The van der Waals surface area contributed by atoms with Gasteiger partial charge in [-0.25, -0.2) is 0 Å². The van der Waals surface area contributed by atoms with E-state index in [4.69, 9.17) is 5.26 Å². The zero-order chi connectivity index (χ0) is 15.4. The number of carbonyl (C=O) groups excluding carboxylic acids is 3. The summed E-state index contributed by atoms with van der Waals surface area (Å²) < 4.78 is 0. The Morgan fingerprint density at radius 2 is 2.05 bits per heavy atom. The summed E-state index contributed by atoms with van der Waals surface area (Å²) in [5.74, 6) is -1.07. The third kappa shape index (κ3) is 3.66. The van der Waals surface area contributed by atoms with Gasteiger partial charge in [-0.05, 0) is 24.1 Å². The highest BCUT2D eigenvalue weighted by Gasteiger charge is 2.31. The van der Waals surface area contributed by atoms with Crippen molar-refractivity contribution in [2.75, 3.05) is 11.9 Å². The second kappa shape index (κ2) is 6.18. The maximum atomic E-state index is 11.9. The molecule has 0 spiro atoms. The van der Waals surface area contributed by atoms with Crippen molar-refractivity contribution in [1.82, 2.24) is 4.90 Å². The fraction of sp³-hybridized carbons (Fsp3) is 0.333. The van der Waals surface area contributed by atoms with E-state index in [9.17, 15) is 14.4 Å². The Bertz CT molecular complexity index is 615. The Morgan fingerprint density at radius 1 is 1.38 bits per heavy atom. The van der Waals surface area contributed by atoms with Crippen LogP contribution in [0.15, 0.2) is 24.3 Å². The van der Waals surface area contributed by atoms with Crippen molar-refractivity contribution in [3.8, 4) is 6.07 Å². The van der Waals surface area contributed by atoms with E-state index in [-0.39, 0.29) is 37.1 Å². The van der Waals surface area contributed by atoms with Crippen molar-refractivity contribution >= 4 is 23.4 Å². The van der Waals surface area contributed by atoms with Gasteiger partial charge in [0.2, 0.25) is 17.7 Å². The van der Waals surface area contributed by atoms with Crippen molar-refractivity contribution in [1.29, 1.82) is 5.26 Å². The second-order valence-electron chi connectivity index (χ2n) is 5.13. The Hall–Kier alpha value is -2.68. The molecule has 2 rings (SSSR count). The summed E-state index contributed by atoms with van der Waals surface area (Å²) in [6.45, 7) is 1.54. The van der Waals surface area contributed by atoms with Crippen LogP contribution < -0.4 is 5.32 Å². The van der Waals surface area contributed by atoms with Crippen molar-refractivity contribution in [2.45, 2.75) is 19.8 Å². The van der Waals surface area contributed by atoms with Gasteiger partial charge in [-0.15, -0.1) is 0 Å². The summed E-state index contributed by atoms with van der Waals surface area (Å²) in [6, 6.07) is 8.40. The molecule has 0 radical (unpaired) electrons. The zero-order valence-corrected chi connectivity index (χ0v) is 11.6. The number of anilines is 1. The highest BCUT2D eigenvalue weighted by Crippen LogP contribution is 2.18. The lowest BCUT2D eigenvalue weighted by Crippen LogP contribution is -2.46. The number of benzene rings is 1. The minimum Gasteiger partial charge on any atom is -0.324 e. The Morgan fingerprint density at radius 3 is 2.67 bits per heavy atom. The van der Waals surface area contributed by atoms with E-state index in [0.717, 1.165) is 4.90 Å². The van der Waals surface area contributed by atoms with Gasteiger partial charge in [0.1, 0.15) is 6.54 Å². The van der Waals surface area contributed by atoms with Gasteiger partial charge >= 0.3 is 0 Å². The molecular weight excluding hydrogens is 270 g/mol. The van der Waals surface area contributed by atoms with Gasteiger partial charge < -0.3 is 5.32 Å². The number of imide groups is 1. The molecule has 108 valence electrons. The molecule has 1 heterocycles. The van der Waals surface area contributed by atoms with Crippen LogP contribution in [-0.2, 0) is 14.4 Å². The summed E-state index contributed by atoms with van der Waals surface area (Å²) in [7, 11) is 0. The molecule has 21 heavy (non-hydrogen) atoms. The summed E-state index contributed by atoms with van der Waals surface area (Å²) in [5.41, 5.74) is 0.885. The third-order valence-electron chi connectivity index (χ3n) is 3.23. The molecule has 1 aliphatic heterocycles. The van der Waals surface area contributed by atoms with Crippen molar-refractivity contribution < 1.29 is 14.4 Å². The van der Waals surface area contributed by atoms with Gasteiger partial charge in [-0.2, -0.15) is 5.26 Å². The Labute approximate surface area is 122 Å². The molecule has 1 N–H and O–H groups in total. The molecule has 0 aromatic heterocycles. The first-order valence-electron chi connectivity index (χ1n) is 6.63. The average Bonchev–Trinajstić information content (AvgIpc) is 2.43. The van der Waals surface area contributed by atoms with Crippen LogP contribution in [0.4, 0.5) is 5.69 Å². The fourth-order valence-corrected chi connectivity index (χ4v) is 2.21. The monoisotopic (exact) mass is 285 g/mol. The molecule has 0 bridgehead atoms. The number of hydrogen-bond acceptors (Lipinski definition) is 4. The molecule has 0 unspecified atom stereocenters. The maximum absolute atomic E-state index is 11.9. The van der Waals surface area contributed by atoms with Crippen LogP contribution in [0.25, 0.3) is 0 Å². The standard InChI is InChI=1S/C15H15N3O3/c1-10-5-14(20)18(15(21)6-10)9-13(19)17-12-4-2-3-11(7-12)8-16/h2-4,7,10H,5-6,9H2,1H3,(H,17,19). The quantitative estimate of drug-likeness (QED) is 0.847. The molecule has 6 heteroatoms.